The number of fused-ring (bicyclic) bond motifs is 1. The molecule has 0 radical (unpaired) electrons. The zero-order valence-corrected chi connectivity index (χ0v) is 14.4. The first-order valence-corrected chi connectivity index (χ1v) is 8.93. The predicted molar refractivity (Wildman–Crippen MR) is 93.4 cm³/mol. The molecule has 0 unspecified atom stereocenters. The molecule has 2 heterocycles. The second kappa shape index (κ2) is 7.05. The van der Waals surface area contributed by atoms with Gasteiger partial charge in [-0.2, -0.15) is 0 Å². The fraction of sp³-hybridized carbons (Fsp3) is 0.278. The van der Waals surface area contributed by atoms with Crippen molar-refractivity contribution in [2.24, 2.45) is 0 Å². The number of anilines is 1. The number of ether oxygens (including phenoxy) is 1. The number of pyridine rings is 1. The number of esters is 1. The molecule has 5 nitrogen and oxygen atoms in total. The van der Waals surface area contributed by atoms with Gasteiger partial charge in [0.15, 0.2) is 6.10 Å². The summed E-state index contributed by atoms with van der Waals surface area (Å²) in [6.07, 6.45) is 3.44. The van der Waals surface area contributed by atoms with E-state index in [9.17, 15) is 9.59 Å². The lowest BCUT2D eigenvalue weighted by atomic mass is 10.2. The molecule has 0 saturated carbocycles. The van der Waals surface area contributed by atoms with E-state index in [1.165, 1.54) is 11.8 Å². The molecular weight excluding hydrogens is 324 g/mol. The van der Waals surface area contributed by atoms with Gasteiger partial charge in [0.1, 0.15) is 5.03 Å². The van der Waals surface area contributed by atoms with Gasteiger partial charge >= 0.3 is 5.97 Å². The van der Waals surface area contributed by atoms with Gasteiger partial charge in [-0.05, 0) is 43.4 Å². The van der Waals surface area contributed by atoms with Crippen LogP contribution in [0.4, 0.5) is 5.69 Å². The summed E-state index contributed by atoms with van der Waals surface area (Å²) in [6, 6.07) is 11.1. The van der Waals surface area contributed by atoms with Crippen molar-refractivity contribution in [2.75, 3.05) is 17.7 Å². The van der Waals surface area contributed by atoms with Gasteiger partial charge in [0, 0.05) is 18.4 Å². The van der Waals surface area contributed by atoms with Crippen LogP contribution in [-0.4, -0.2) is 35.8 Å². The average Bonchev–Trinajstić information content (AvgIpc) is 3.04. The summed E-state index contributed by atoms with van der Waals surface area (Å²) in [5.41, 5.74) is 2.42. The van der Waals surface area contributed by atoms with Crippen LogP contribution >= 0.6 is 11.8 Å². The van der Waals surface area contributed by atoms with Gasteiger partial charge in [0.2, 0.25) is 0 Å². The lowest BCUT2D eigenvalue weighted by molar-refractivity contribution is -0.126. The van der Waals surface area contributed by atoms with E-state index in [1.54, 1.807) is 30.2 Å². The van der Waals surface area contributed by atoms with Crippen LogP contribution in [0.3, 0.4) is 0 Å². The minimum Gasteiger partial charge on any atom is -0.449 e. The van der Waals surface area contributed by atoms with Gasteiger partial charge in [-0.3, -0.25) is 4.79 Å². The highest BCUT2D eigenvalue weighted by atomic mass is 32.2. The maximum atomic E-state index is 12.7. The zero-order valence-electron chi connectivity index (χ0n) is 13.6. The molecular formula is C18H18N2O3S. The molecule has 1 aromatic heterocycles. The average molecular weight is 342 g/mol. The van der Waals surface area contributed by atoms with E-state index in [1.807, 2.05) is 30.5 Å². The standard InChI is InChI=1S/C18H18N2O3S/c1-12(23-18(22)14-7-5-10-19-16(14)24-2)17(21)20-11-9-13-6-3-4-8-15(13)20/h3-8,10,12H,9,11H2,1-2H3/t12-/m0/s1. The summed E-state index contributed by atoms with van der Waals surface area (Å²) >= 11 is 1.37. The third-order valence-corrected chi connectivity index (χ3v) is 4.68. The van der Waals surface area contributed by atoms with Crippen LogP contribution in [0, 0.1) is 0 Å². The van der Waals surface area contributed by atoms with Crippen molar-refractivity contribution in [3.63, 3.8) is 0 Å². The lowest BCUT2D eigenvalue weighted by Gasteiger charge is -2.21. The Morgan fingerprint density at radius 2 is 2.04 bits per heavy atom. The van der Waals surface area contributed by atoms with Crippen molar-refractivity contribution in [1.29, 1.82) is 0 Å². The first-order valence-electron chi connectivity index (χ1n) is 7.71. The Bertz CT molecular complexity index is 778. The molecule has 0 fully saturated rings. The molecule has 1 atom stereocenters. The minimum atomic E-state index is -0.849. The predicted octanol–water partition coefficient (Wildman–Crippen LogP) is 2.94. The highest BCUT2D eigenvalue weighted by Gasteiger charge is 2.30. The summed E-state index contributed by atoms with van der Waals surface area (Å²) in [4.78, 5) is 30.8. The van der Waals surface area contributed by atoms with Crippen molar-refractivity contribution in [1.82, 2.24) is 4.98 Å². The first-order chi connectivity index (χ1) is 11.6. The molecule has 1 amide bonds. The molecule has 24 heavy (non-hydrogen) atoms. The molecule has 2 aromatic rings. The SMILES string of the molecule is CSc1ncccc1C(=O)O[C@@H](C)C(=O)N1CCc2ccccc21. The molecule has 6 heteroatoms. The Hall–Kier alpha value is -2.34. The first kappa shape index (κ1) is 16.5. The Labute approximate surface area is 145 Å². The smallest absolute Gasteiger partial charge is 0.341 e. The summed E-state index contributed by atoms with van der Waals surface area (Å²) in [5.74, 6) is -0.733. The topological polar surface area (TPSA) is 59.5 Å². The number of nitrogens with zero attached hydrogens (tertiary/aromatic N) is 2. The molecule has 124 valence electrons. The molecule has 0 saturated heterocycles. The number of carbonyl (C=O) groups is 2. The molecule has 3 rings (SSSR count). The Morgan fingerprint density at radius 3 is 2.83 bits per heavy atom. The third kappa shape index (κ3) is 3.14. The van der Waals surface area contributed by atoms with Crippen molar-refractivity contribution in [3.05, 3.63) is 53.7 Å². The van der Waals surface area contributed by atoms with E-state index in [0.717, 1.165) is 17.7 Å². The summed E-state index contributed by atoms with van der Waals surface area (Å²) in [6.45, 7) is 2.22. The van der Waals surface area contributed by atoms with Gasteiger partial charge in [0.05, 0.1) is 5.56 Å². The molecule has 0 N–H and O–H groups in total. The van der Waals surface area contributed by atoms with Crippen LogP contribution in [0.5, 0.6) is 0 Å². The highest BCUT2D eigenvalue weighted by molar-refractivity contribution is 7.98. The monoisotopic (exact) mass is 342 g/mol. The number of thioether (sulfide) groups is 1. The van der Waals surface area contributed by atoms with E-state index >= 15 is 0 Å². The van der Waals surface area contributed by atoms with Crippen LogP contribution in [0.1, 0.15) is 22.8 Å². The molecule has 1 aliphatic rings. The van der Waals surface area contributed by atoms with E-state index in [0.29, 0.717) is 17.1 Å². The molecule has 0 aliphatic carbocycles. The molecule has 0 spiro atoms. The summed E-state index contributed by atoms with van der Waals surface area (Å²) < 4.78 is 5.38. The number of amides is 1. The van der Waals surface area contributed by atoms with Gasteiger partial charge in [0.25, 0.3) is 5.91 Å². The molecule has 0 bridgehead atoms. The second-order valence-corrected chi connectivity index (χ2v) is 6.27. The van der Waals surface area contributed by atoms with Crippen LogP contribution in [0.15, 0.2) is 47.6 Å². The van der Waals surface area contributed by atoms with Crippen molar-refractivity contribution in [2.45, 2.75) is 24.5 Å². The van der Waals surface area contributed by atoms with Crippen LogP contribution in [0.2, 0.25) is 0 Å². The minimum absolute atomic E-state index is 0.206. The fourth-order valence-electron chi connectivity index (χ4n) is 2.77. The van der Waals surface area contributed by atoms with E-state index in [-0.39, 0.29) is 5.91 Å². The lowest BCUT2D eigenvalue weighted by Crippen LogP contribution is -2.39. The Kier molecular flexibility index (Phi) is 4.85. The maximum Gasteiger partial charge on any atom is 0.341 e. The van der Waals surface area contributed by atoms with Crippen molar-refractivity contribution < 1.29 is 14.3 Å². The van der Waals surface area contributed by atoms with Gasteiger partial charge in [-0.1, -0.05) is 18.2 Å². The Morgan fingerprint density at radius 1 is 1.25 bits per heavy atom. The van der Waals surface area contributed by atoms with Crippen LogP contribution in [-0.2, 0) is 16.0 Å². The van der Waals surface area contributed by atoms with Crippen molar-refractivity contribution >= 4 is 29.3 Å². The second-order valence-electron chi connectivity index (χ2n) is 5.48. The zero-order chi connectivity index (χ0) is 17.1. The van der Waals surface area contributed by atoms with Gasteiger partial charge in [-0.15, -0.1) is 11.8 Å². The molecule has 1 aliphatic heterocycles. The third-order valence-electron chi connectivity index (χ3n) is 3.97. The number of aromatic nitrogens is 1. The van der Waals surface area contributed by atoms with E-state index < -0.39 is 12.1 Å². The summed E-state index contributed by atoms with van der Waals surface area (Å²) in [7, 11) is 0. The molecule has 1 aromatic carbocycles. The van der Waals surface area contributed by atoms with E-state index in [4.69, 9.17) is 4.74 Å². The number of benzene rings is 1. The highest BCUT2D eigenvalue weighted by Crippen LogP contribution is 2.28. The summed E-state index contributed by atoms with van der Waals surface area (Å²) in [5, 5.41) is 0.591. The number of hydrogen-bond acceptors (Lipinski definition) is 5. The van der Waals surface area contributed by atoms with Gasteiger partial charge < -0.3 is 9.64 Å². The number of para-hydroxylation sites is 1. The van der Waals surface area contributed by atoms with E-state index in [2.05, 4.69) is 4.98 Å². The van der Waals surface area contributed by atoms with Crippen molar-refractivity contribution in [3.8, 4) is 0 Å². The fourth-order valence-corrected chi connectivity index (χ4v) is 3.31. The largest absolute Gasteiger partial charge is 0.449 e. The van der Waals surface area contributed by atoms with Crippen LogP contribution < -0.4 is 4.90 Å². The quantitative estimate of drug-likeness (QED) is 0.631. The number of carbonyl (C=O) groups excluding carboxylic acids is 2. The van der Waals surface area contributed by atoms with Gasteiger partial charge in [-0.25, -0.2) is 9.78 Å². The van der Waals surface area contributed by atoms with Crippen LogP contribution in [0.25, 0.3) is 0 Å². The number of hydrogen-bond donors (Lipinski definition) is 0. The normalized spacial score (nSPS) is 14.2. The number of rotatable bonds is 4. The Balaban J connectivity index is 1.72. The maximum absolute atomic E-state index is 12.7.